The summed E-state index contributed by atoms with van der Waals surface area (Å²) in [6, 6.07) is 0. The van der Waals surface area contributed by atoms with Crippen LogP contribution in [-0.2, 0) is 0 Å². The highest BCUT2D eigenvalue weighted by atomic mass is 33.1. The average molecular weight is 377 g/mol. The molecule has 1 aliphatic carbocycles. The first-order valence-electron chi connectivity index (χ1n) is 10.3. The number of aliphatic hydroxyl groups excluding tert-OH is 2. The molecule has 2 nitrogen and oxygen atoms in total. The summed E-state index contributed by atoms with van der Waals surface area (Å²) in [5.41, 5.74) is 0. The van der Waals surface area contributed by atoms with Crippen molar-refractivity contribution in [2.75, 3.05) is 24.7 Å². The molecule has 1 saturated carbocycles. The molecular weight excluding hydrogens is 336 g/mol. The summed E-state index contributed by atoms with van der Waals surface area (Å²) in [6.45, 7) is 2.97. The van der Waals surface area contributed by atoms with Gasteiger partial charge in [0.1, 0.15) is 0 Å². The van der Waals surface area contributed by atoms with Crippen LogP contribution in [0.2, 0.25) is 0 Å². The first-order chi connectivity index (χ1) is 11.8. The average Bonchev–Trinajstić information content (AvgIpc) is 2.61. The van der Waals surface area contributed by atoms with Gasteiger partial charge in [-0.1, -0.05) is 79.9 Å². The van der Waals surface area contributed by atoms with Crippen molar-refractivity contribution in [2.45, 2.75) is 84.0 Å². The van der Waals surface area contributed by atoms with Crippen LogP contribution in [0.15, 0.2) is 0 Å². The molecule has 0 aromatic rings. The lowest BCUT2D eigenvalue weighted by atomic mass is 9.80. The smallest absolute Gasteiger partial charge is 0.0433 e. The van der Waals surface area contributed by atoms with Gasteiger partial charge in [0.05, 0.1) is 0 Å². The third-order valence-corrected chi connectivity index (χ3v) is 8.18. The summed E-state index contributed by atoms with van der Waals surface area (Å²) in [5.74, 6) is 5.10. The Morgan fingerprint density at radius 3 is 2.08 bits per heavy atom. The topological polar surface area (TPSA) is 40.5 Å². The number of hydrogen-bond donors (Lipinski definition) is 2. The van der Waals surface area contributed by atoms with E-state index in [0.29, 0.717) is 13.2 Å². The van der Waals surface area contributed by atoms with E-state index < -0.39 is 0 Å². The van der Waals surface area contributed by atoms with Gasteiger partial charge < -0.3 is 10.2 Å². The fourth-order valence-corrected chi connectivity index (χ4v) is 6.17. The second-order valence-corrected chi connectivity index (χ2v) is 10.2. The summed E-state index contributed by atoms with van der Waals surface area (Å²) < 4.78 is 0. The van der Waals surface area contributed by atoms with Crippen LogP contribution in [-0.4, -0.2) is 34.9 Å². The van der Waals surface area contributed by atoms with Crippen molar-refractivity contribution in [2.24, 2.45) is 17.8 Å². The fourth-order valence-electron chi connectivity index (χ4n) is 3.83. The normalized spacial score (nSPS) is 22.6. The van der Waals surface area contributed by atoms with Crippen molar-refractivity contribution in [3.63, 3.8) is 0 Å². The minimum absolute atomic E-state index is 0.355. The molecular formula is C20H40O2S2. The van der Waals surface area contributed by atoms with E-state index in [2.05, 4.69) is 28.5 Å². The highest BCUT2D eigenvalue weighted by Gasteiger charge is 2.20. The summed E-state index contributed by atoms with van der Waals surface area (Å²) in [6.07, 6.45) is 15.4. The van der Waals surface area contributed by atoms with Crippen LogP contribution in [0.5, 0.6) is 0 Å². The zero-order valence-electron chi connectivity index (χ0n) is 15.8. The lowest BCUT2D eigenvalue weighted by Gasteiger charge is -2.27. The van der Waals surface area contributed by atoms with Crippen LogP contribution in [0.25, 0.3) is 0 Å². The Morgan fingerprint density at radius 2 is 1.46 bits per heavy atom. The van der Waals surface area contributed by atoms with Crippen molar-refractivity contribution in [1.29, 1.82) is 0 Å². The Labute approximate surface area is 158 Å². The molecule has 0 bridgehead atoms. The second kappa shape index (κ2) is 15.8. The van der Waals surface area contributed by atoms with Gasteiger partial charge in [-0.05, 0) is 43.4 Å². The maximum atomic E-state index is 9.01. The van der Waals surface area contributed by atoms with E-state index in [-0.39, 0.29) is 0 Å². The molecule has 0 aromatic heterocycles. The van der Waals surface area contributed by atoms with E-state index >= 15 is 0 Å². The third kappa shape index (κ3) is 11.3. The van der Waals surface area contributed by atoms with Gasteiger partial charge in [-0.25, -0.2) is 0 Å². The molecule has 144 valence electrons. The number of hydrogen-bond acceptors (Lipinski definition) is 4. The van der Waals surface area contributed by atoms with Crippen molar-refractivity contribution >= 4 is 21.6 Å². The van der Waals surface area contributed by atoms with Crippen LogP contribution in [0.3, 0.4) is 0 Å². The van der Waals surface area contributed by atoms with Gasteiger partial charge in [0, 0.05) is 24.7 Å². The number of aliphatic hydroxyl groups is 2. The van der Waals surface area contributed by atoms with Gasteiger partial charge in [-0.2, -0.15) is 0 Å². The maximum absolute atomic E-state index is 9.01. The van der Waals surface area contributed by atoms with Crippen LogP contribution in [0.1, 0.15) is 84.0 Å². The van der Waals surface area contributed by atoms with Gasteiger partial charge >= 0.3 is 0 Å². The minimum atomic E-state index is 0.355. The molecule has 0 spiro atoms. The molecule has 1 aliphatic rings. The molecule has 0 aliphatic heterocycles. The number of unbranched alkanes of at least 4 members (excludes halogenated alkanes) is 2. The van der Waals surface area contributed by atoms with Crippen LogP contribution >= 0.6 is 21.6 Å². The highest BCUT2D eigenvalue weighted by molar-refractivity contribution is 8.76. The first-order valence-corrected chi connectivity index (χ1v) is 12.7. The standard InChI is InChI=1S/C20H40O2S2/c1-2-18(11-14-21)6-4-3-5-16-23-24-17-13-20-9-7-19(8-10-20)12-15-22/h18-22H,2-17H2,1H3. The highest BCUT2D eigenvalue weighted by Crippen LogP contribution is 2.34. The molecule has 24 heavy (non-hydrogen) atoms. The van der Waals surface area contributed by atoms with Crippen molar-refractivity contribution in [3.8, 4) is 0 Å². The Bertz CT molecular complexity index is 268. The number of rotatable bonds is 15. The molecule has 0 amide bonds. The fraction of sp³-hybridized carbons (Fsp3) is 1.00. The first kappa shape index (κ1) is 22.7. The Balaban J connectivity index is 1.84. The van der Waals surface area contributed by atoms with E-state index in [1.807, 2.05) is 0 Å². The third-order valence-electron chi connectivity index (χ3n) is 5.65. The predicted molar refractivity (Wildman–Crippen MR) is 111 cm³/mol. The van der Waals surface area contributed by atoms with Crippen LogP contribution < -0.4 is 0 Å². The van der Waals surface area contributed by atoms with E-state index in [1.165, 1.54) is 75.7 Å². The molecule has 0 aromatic carbocycles. The maximum Gasteiger partial charge on any atom is 0.0433 e. The van der Waals surface area contributed by atoms with E-state index in [9.17, 15) is 0 Å². The zero-order chi connectivity index (χ0) is 17.5. The molecule has 0 radical (unpaired) electrons. The van der Waals surface area contributed by atoms with Crippen molar-refractivity contribution in [3.05, 3.63) is 0 Å². The second-order valence-electron chi connectivity index (χ2n) is 7.47. The van der Waals surface area contributed by atoms with Crippen LogP contribution in [0.4, 0.5) is 0 Å². The summed E-state index contributed by atoms with van der Waals surface area (Å²) in [4.78, 5) is 0. The van der Waals surface area contributed by atoms with E-state index in [0.717, 1.165) is 30.6 Å². The van der Waals surface area contributed by atoms with E-state index in [1.54, 1.807) is 0 Å². The summed E-state index contributed by atoms with van der Waals surface area (Å²) >= 11 is 0. The Morgan fingerprint density at radius 1 is 0.792 bits per heavy atom. The molecule has 1 unspecified atom stereocenters. The van der Waals surface area contributed by atoms with Gasteiger partial charge in [0.2, 0.25) is 0 Å². The SMILES string of the molecule is CCC(CCO)CCCCCSSCCC1CCC(CCO)CC1. The van der Waals surface area contributed by atoms with Crippen molar-refractivity contribution in [1.82, 2.24) is 0 Å². The zero-order valence-corrected chi connectivity index (χ0v) is 17.4. The minimum Gasteiger partial charge on any atom is -0.396 e. The molecule has 1 fully saturated rings. The Kier molecular flexibility index (Phi) is 15.0. The molecule has 2 N–H and O–H groups in total. The molecule has 4 heteroatoms. The largest absolute Gasteiger partial charge is 0.396 e. The quantitative estimate of drug-likeness (QED) is 0.275. The monoisotopic (exact) mass is 376 g/mol. The lowest BCUT2D eigenvalue weighted by molar-refractivity contribution is 0.204. The molecule has 1 atom stereocenters. The summed E-state index contributed by atoms with van der Waals surface area (Å²) in [5, 5.41) is 18.0. The van der Waals surface area contributed by atoms with Gasteiger partial charge in [0.25, 0.3) is 0 Å². The van der Waals surface area contributed by atoms with Crippen LogP contribution in [0, 0.1) is 17.8 Å². The molecule has 1 rings (SSSR count). The predicted octanol–water partition coefficient (Wildman–Crippen LogP) is 5.92. The molecule has 0 heterocycles. The van der Waals surface area contributed by atoms with Crippen molar-refractivity contribution < 1.29 is 10.2 Å². The lowest BCUT2D eigenvalue weighted by Crippen LogP contribution is -2.15. The molecule has 0 saturated heterocycles. The van der Waals surface area contributed by atoms with Gasteiger partial charge in [-0.15, -0.1) is 0 Å². The van der Waals surface area contributed by atoms with Gasteiger partial charge in [0.15, 0.2) is 0 Å². The van der Waals surface area contributed by atoms with E-state index in [4.69, 9.17) is 10.2 Å². The Hall–Kier alpha value is 0.620. The van der Waals surface area contributed by atoms with Gasteiger partial charge in [-0.3, -0.25) is 0 Å². The summed E-state index contributed by atoms with van der Waals surface area (Å²) in [7, 11) is 4.15.